The number of aromatic nitrogens is 3. The number of nitrogens with zero attached hydrogens (tertiary/aromatic N) is 4. The van der Waals surface area contributed by atoms with Crippen LogP contribution < -0.4 is 0 Å². The van der Waals surface area contributed by atoms with E-state index in [-0.39, 0.29) is 5.41 Å². The molecule has 232 valence electrons. The van der Waals surface area contributed by atoms with Crippen molar-refractivity contribution in [2.45, 2.75) is 43.9 Å². The lowest BCUT2D eigenvalue weighted by molar-refractivity contribution is -0.00518. The Morgan fingerprint density at radius 3 is 1.29 bits per heavy atom. The Morgan fingerprint density at radius 2 is 0.854 bits per heavy atom. The normalized spacial score (nSPS) is 22.4. The van der Waals surface area contributed by atoms with Crippen molar-refractivity contribution < 1.29 is 0 Å². The molecule has 0 radical (unpaired) electrons. The van der Waals surface area contributed by atoms with Crippen LogP contribution in [0.4, 0.5) is 0 Å². The molecule has 4 aliphatic carbocycles. The van der Waals surface area contributed by atoms with Crippen molar-refractivity contribution in [1.29, 1.82) is 5.26 Å². The van der Waals surface area contributed by atoms with Crippen LogP contribution in [0.5, 0.6) is 0 Å². The lowest BCUT2D eigenvalue weighted by Crippen LogP contribution is -2.48. The fourth-order valence-electron chi connectivity index (χ4n) is 9.24. The Balaban J connectivity index is 1.15. The standard InChI is InChI=1S/C44H36N4/c45-28-32-22-39(24-40(23-32)44-25-29-19-30(26-44)21-31(20-29)27-44)43-47-41(37-15-11-35(12-16-37)33-7-3-1-4-8-33)46-42(48-43)38-17-13-36(14-18-38)34-9-5-2-6-10-34/h1-18,22-24,29-31H,19-21,25-27H2/t29-,30+,31-,44?. The quantitative estimate of drug-likeness (QED) is 0.186. The number of benzene rings is 5. The lowest BCUT2D eigenvalue weighted by Gasteiger charge is -2.57. The Kier molecular flexibility index (Phi) is 7.01. The molecule has 48 heavy (non-hydrogen) atoms. The summed E-state index contributed by atoms with van der Waals surface area (Å²) in [4.78, 5) is 15.2. The molecule has 10 rings (SSSR count). The first-order valence-electron chi connectivity index (χ1n) is 17.2. The van der Waals surface area contributed by atoms with Gasteiger partial charge in [0.05, 0.1) is 11.6 Å². The van der Waals surface area contributed by atoms with Gasteiger partial charge in [0.1, 0.15) is 0 Å². The molecule has 4 nitrogen and oxygen atoms in total. The fourth-order valence-corrected chi connectivity index (χ4v) is 9.24. The van der Waals surface area contributed by atoms with Crippen molar-refractivity contribution in [3.8, 4) is 62.5 Å². The maximum atomic E-state index is 10.2. The molecule has 0 atom stereocenters. The van der Waals surface area contributed by atoms with E-state index in [2.05, 4.69) is 115 Å². The maximum Gasteiger partial charge on any atom is 0.164 e. The van der Waals surface area contributed by atoms with E-state index in [9.17, 15) is 5.26 Å². The molecule has 4 aliphatic rings. The van der Waals surface area contributed by atoms with Crippen LogP contribution in [0.1, 0.15) is 49.7 Å². The molecular formula is C44H36N4. The van der Waals surface area contributed by atoms with Gasteiger partial charge in [0, 0.05) is 16.7 Å². The van der Waals surface area contributed by atoms with Crippen LogP contribution >= 0.6 is 0 Å². The van der Waals surface area contributed by atoms with E-state index < -0.39 is 0 Å². The van der Waals surface area contributed by atoms with E-state index in [1.165, 1.54) is 55.2 Å². The van der Waals surface area contributed by atoms with Gasteiger partial charge < -0.3 is 0 Å². The molecule has 0 unspecified atom stereocenters. The van der Waals surface area contributed by atoms with Crippen molar-refractivity contribution >= 4 is 0 Å². The summed E-state index contributed by atoms with van der Waals surface area (Å²) in [5.74, 6) is 4.31. The Hall–Kier alpha value is -5.40. The summed E-state index contributed by atoms with van der Waals surface area (Å²) in [6, 6.07) is 46.6. The van der Waals surface area contributed by atoms with Crippen LogP contribution in [-0.2, 0) is 5.41 Å². The van der Waals surface area contributed by atoms with Crippen LogP contribution in [0.15, 0.2) is 127 Å². The molecule has 0 saturated heterocycles. The topological polar surface area (TPSA) is 62.5 Å². The van der Waals surface area contributed by atoms with Crippen molar-refractivity contribution in [2.24, 2.45) is 17.8 Å². The highest BCUT2D eigenvalue weighted by atomic mass is 15.0. The summed E-state index contributed by atoms with van der Waals surface area (Å²) in [6.07, 6.45) is 7.87. The van der Waals surface area contributed by atoms with Crippen LogP contribution in [-0.4, -0.2) is 15.0 Å². The van der Waals surface area contributed by atoms with Crippen molar-refractivity contribution in [1.82, 2.24) is 15.0 Å². The predicted octanol–water partition coefficient (Wildman–Crippen LogP) is 10.5. The van der Waals surface area contributed by atoms with Gasteiger partial charge in [-0.1, -0.05) is 109 Å². The van der Waals surface area contributed by atoms with Crippen molar-refractivity contribution in [2.75, 3.05) is 0 Å². The first kappa shape index (κ1) is 28.8. The van der Waals surface area contributed by atoms with Gasteiger partial charge in [-0.15, -0.1) is 0 Å². The molecule has 4 bridgehead atoms. The van der Waals surface area contributed by atoms with Crippen LogP contribution in [0.25, 0.3) is 56.4 Å². The summed E-state index contributed by atoms with van der Waals surface area (Å²) in [7, 11) is 0. The third-order valence-electron chi connectivity index (χ3n) is 11.1. The molecule has 5 aromatic carbocycles. The highest BCUT2D eigenvalue weighted by molar-refractivity contribution is 5.72. The first-order valence-corrected chi connectivity index (χ1v) is 17.2. The molecule has 4 saturated carbocycles. The monoisotopic (exact) mass is 620 g/mol. The minimum Gasteiger partial charge on any atom is -0.208 e. The molecule has 1 aromatic heterocycles. The third kappa shape index (κ3) is 5.30. The van der Waals surface area contributed by atoms with E-state index in [4.69, 9.17) is 15.0 Å². The minimum absolute atomic E-state index is 0.162. The Bertz CT molecular complexity index is 2010. The number of hydrogen-bond donors (Lipinski definition) is 0. The second kappa shape index (κ2) is 11.7. The zero-order chi connectivity index (χ0) is 32.1. The predicted molar refractivity (Wildman–Crippen MR) is 192 cm³/mol. The van der Waals surface area contributed by atoms with E-state index in [0.29, 0.717) is 23.0 Å². The van der Waals surface area contributed by atoms with Crippen LogP contribution in [0.3, 0.4) is 0 Å². The molecule has 4 heteroatoms. The van der Waals surface area contributed by atoms with Crippen molar-refractivity contribution in [3.05, 3.63) is 139 Å². The van der Waals surface area contributed by atoms with Gasteiger partial charge in [-0.2, -0.15) is 5.26 Å². The smallest absolute Gasteiger partial charge is 0.164 e. The second-order valence-corrected chi connectivity index (χ2v) is 14.3. The molecule has 1 heterocycles. The molecule has 4 fully saturated rings. The van der Waals surface area contributed by atoms with Crippen LogP contribution in [0.2, 0.25) is 0 Å². The molecular weight excluding hydrogens is 585 g/mol. The average molecular weight is 621 g/mol. The largest absolute Gasteiger partial charge is 0.208 e. The van der Waals surface area contributed by atoms with E-state index in [1.54, 1.807) is 0 Å². The summed E-state index contributed by atoms with van der Waals surface area (Å²) in [6.45, 7) is 0. The van der Waals surface area contributed by atoms with Gasteiger partial charge in [0.15, 0.2) is 17.5 Å². The summed E-state index contributed by atoms with van der Waals surface area (Å²) in [5, 5.41) is 10.2. The average Bonchev–Trinajstić information content (AvgIpc) is 3.15. The molecule has 0 amide bonds. The van der Waals surface area contributed by atoms with Gasteiger partial charge in [0.25, 0.3) is 0 Å². The van der Waals surface area contributed by atoms with Gasteiger partial charge in [0.2, 0.25) is 0 Å². The SMILES string of the molecule is N#Cc1cc(-c2nc(-c3ccc(-c4ccccc4)cc3)nc(-c3ccc(-c4ccccc4)cc3)n2)cc(C23C[C@H]4C[C@@H](C2)C[C@@H](C3)C4)c1. The third-order valence-corrected chi connectivity index (χ3v) is 11.1. The van der Waals surface area contributed by atoms with E-state index in [1.807, 2.05) is 18.2 Å². The number of nitriles is 1. The van der Waals surface area contributed by atoms with E-state index >= 15 is 0 Å². The Labute approximate surface area is 282 Å². The highest BCUT2D eigenvalue weighted by Gasteiger charge is 2.51. The zero-order valence-corrected chi connectivity index (χ0v) is 26.9. The fraction of sp³-hybridized carbons (Fsp3) is 0.227. The minimum atomic E-state index is 0.162. The van der Waals surface area contributed by atoms with Crippen LogP contribution in [0, 0.1) is 29.1 Å². The molecule has 0 N–H and O–H groups in total. The van der Waals surface area contributed by atoms with Gasteiger partial charge in [-0.3, -0.25) is 0 Å². The molecule has 6 aromatic rings. The van der Waals surface area contributed by atoms with Gasteiger partial charge in [-0.25, -0.2) is 15.0 Å². The lowest BCUT2D eigenvalue weighted by atomic mass is 9.48. The number of hydrogen-bond acceptors (Lipinski definition) is 4. The summed E-state index contributed by atoms with van der Waals surface area (Å²) >= 11 is 0. The highest BCUT2D eigenvalue weighted by Crippen LogP contribution is 2.61. The second-order valence-electron chi connectivity index (χ2n) is 14.3. The summed E-state index contributed by atoms with van der Waals surface area (Å²) < 4.78 is 0. The maximum absolute atomic E-state index is 10.2. The van der Waals surface area contributed by atoms with Gasteiger partial charge >= 0.3 is 0 Å². The first-order chi connectivity index (χ1) is 23.6. The van der Waals surface area contributed by atoms with Crippen molar-refractivity contribution in [3.63, 3.8) is 0 Å². The van der Waals surface area contributed by atoms with E-state index in [0.717, 1.165) is 45.6 Å². The van der Waals surface area contributed by atoms with Gasteiger partial charge in [-0.05, 0) is 108 Å². The zero-order valence-electron chi connectivity index (χ0n) is 26.9. The number of rotatable bonds is 6. The Morgan fingerprint density at radius 1 is 0.458 bits per heavy atom. The molecule has 0 spiro atoms. The summed E-state index contributed by atoms with van der Waals surface area (Å²) in [5.41, 5.74) is 9.54. The molecule has 0 aliphatic heterocycles.